The Bertz CT molecular complexity index is 368. The molecule has 1 N–H and O–H groups in total. The van der Waals surface area contributed by atoms with Gasteiger partial charge in [0.05, 0.1) is 6.54 Å². The van der Waals surface area contributed by atoms with Gasteiger partial charge in [0.25, 0.3) is 0 Å². The molecule has 7 heteroatoms. The number of unbranched alkanes of at least 4 members (excludes halogenated alkanes) is 1. The van der Waals surface area contributed by atoms with Crippen LogP contribution in [0.4, 0.5) is 13.2 Å². The largest absolute Gasteiger partial charge is 0.401 e. The highest BCUT2D eigenvalue weighted by atomic mass is 19.4. The molecule has 4 nitrogen and oxygen atoms in total. The monoisotopic (exact) mass is 320 g/mol. The van der Waals surface area contributed by atoms with Gasteiger partial charge >= 0.3 is 6.18 Å². The van der Waals surface area contributed by atoms with Crippen LogP contribution in [0.5, 0.6) is 0 Å². The Hall–Kier alpha value is -1.24. The van der Waals surface area contributed by atoms with Crippen LogP contribution in [0.1, 0.15) is 19.3 Å². The second-order valence-corrected chi connectivity index (χ2v) is 5.79. The van der Waals surface area contributed by atoms with E-state index in [0.29, 0.717) is 19.6 Å². The Morgan fingerprint density at radius 2 is 2.23 bits per heavy atom. The molecule has 0 aromatic carbocycles. The van der Waals surface area contributed by atoms with Crippen molar-refractivity contribution in [1.82, 2.24) is 15.1 Å². The third-order valence-electron chi connectivity index (χ3n) is 3.80. The summed E-state index contributed by atoms with van der Waals surface area (Å²) in [5.74, 6) is 1.03. The van der Waals surface area contributed by atoms with Gasteiger partial charge in [0.15, 0.2) is 5.96 Å². The van der Waals surface area contributed by atoms with Crippen molar-refractivity contribution in [2.75, 3.05) is 46.8 Å². The van der Waals surface area contributed by atoms with Crippen LogP contribution in [0.15, 0.2) is 17.6 Å². The summed E-state index contributed by atoms with van der Waals surface area (Å²) in [5, 5.41) is 3.26. The Morgan fingerprint density at radius 3 is 2.82 bits per heavy atom. The first-order valence-corrected chi connectivity index (χ1v) is 7.67. The molecule has 0 bridgehead atoms. The smallest absolute Gasteiger partial charge is 0.356 e. The van der Waals surface area contributed by atoms with Crippen LogP contribution < -0.4 is 5.32 Å². The fraction of sp³-hybridized carbons (Fsp3) is 0.800. The molecule has 0 spiro atoms. The van der Waals surface area contributed by atoms with Crippen molar-refractivity contribution in [2.45, 2.75) is 25.4 Å². The van der Waals surface area contributed by atoms with Crippen LogP contribution in [0.3, 0.4) is 0 Å². The standard InChI is InChI=1S/C15H27F3N4/c1-4-5-6-8-21(3)14(19-2)20-10-13-7-9-22(11-13)12-15(16,17)18/h4,13H,1,5-12H2,2-3H3,(H,19,20). The number of hydrogen-bond donors (Lipinski definition) is 1. The van der Waals surface area contributed by atoms with Gasteiger partial charge in [-0.2, -0.15) is 13.2 Å². The van der Waals surface area contributed by atoms with E-state index < -0.39 is 12.7 Å². The summed E-state index contributed by atoms with van der Waals surface area (Å²) in [4.78, 5) is 7.73. The highest BCUT2D eigenvalue weighted by Crippen LogP contribution is 2.22. The predicted octanol–water partition coefficient (Wildman–Crippen LogP) is 2.34. The highest BCUT2D eigenvalue weighted by molar-refractivity contribution is 5.79. The SMILES string of the molecule is C=CCCCN(C)C(=NC)NCC1CCN(CC(F)(F)F)C1. The second kappa shape index (κ2) is 9.02. The zero-order valence-electron chi connectivity index (χ0n) is 13.5. The zero-order chi connectivity index (χ0) is 16.6. The number of guanidine groups is 1. The maximum Gasteiger partial charge on any atom is 0.401 e. The van der Waals surface area contributed by atoms with Crippen molar-refractivity contribution in [1.29, 1.82) is 0 Å². The second-order valence-electron chi connectivity index (χ2n) is 5.79. The first-order chi connectivity index (χ1) is 10.4. The number of halogens is 3. The lowest BCUT2D eigenvalue weighted by Crippen LogP contribution is -2.42. The molecule has 0 radical (unpaired) electrons. The van der Waals surface area contributed by atoms with E-state index in [-0.39, 0.29) is 5.92 Å². The zero-order valence-corrected chi connectivity index (χ0v) is 13.5. The normalized spacial score (nSPS) is 20.2. The number of allylic oxidation sites excluding steroid dienone is 1. The van der Waals surface area contributed by atoms with Crippen LogP contribution in [-0.4, -0.2) is 68.8 Å². The number of rotatable bonds is 7. The quantitative estimate of drug-likeness (QED) is 0.338. The molecule has 1 aliphatic heterocycles. The van der Waals surface area contributed by atoms with E-state index in [0.717, 1.165) is 31.8 Å². The molecule has 0 aliphatic carbocycles. The third-order valence-corrected chi connectivity index (χ3v) is 3.80. The number of nitrogens with zero attached hydrogens (tertiary/aromatic N) is 3. The lowest BCUT2D eigenvalue weighted by molar-refractivity contribution is -0.143. The first kappa shape index (κ1) is 18.8. The molecular weight excluding hydrogens is 293 g/mol. The maximum atomic E-state index is 12.4. The van der Waals surface area contributed by atoms with Gasteiger partial charge in [0.2, 0.25) is 0 Å². The first-order valence-electron chi connectivity index (χ1n) is 7.67. The van der Waals surface area contributed by atoms with Gasteiger partial charge in [-0.05, 0) is 31.7 Å². The fourth-order valence-corrected chi connectivity index (χ4v) is 2.68. The number of likely N-dealkylation sites (tertiary alicyclic amines) is 1. The molecule has 22 heavy (non-hydrogen) atoms. The van der Waals surface area contributed by atoms with E-state index in [1.54, 1.807) is 7.05 Å². The van der Waals surface area contributed by atoms with Crippen LogP contribution in [0.2, 0.25) is 0 Å². The maximum absolute atomic E-state index is 12.4. The predicted molar refractivity (Wildman–Crippen MR) is 84.0 cm³/mol. The average Bonchev–Trinajstić information content (AvgIpc) is 2.85. The number of hydrogen-bond acceptors (Lipinski definition) is 2. The summed E-state index contributed by atoms with van der Waals surface area (Å²) in [7, 11) is 3.68. The molecule has 0 aromatic rings. The summed E-state index contributed by atoms with van der Waals surface area (Å²) in [6.45, 7) is 5.42. The molecule has 1 heterocycles. The average molecular weight is 320 g/mol. The molecule has 1 rings (SSSR count). The van der Waals surface area contributed by atoms with Gasteiger partial charge in [-0.15, -0.1) is 6.58 Å². The molecule has 1 atom stereocenters. The van der Waals surface area contributed by atoms with Gasteiger partial charge in [-0.3, -0.25) is 9.89 Å². The molecular formula is C15H27F3N4. The minimum atomic E-state index is -4.11. The summed E-state index contributed by atoms with van der Waals surface area (Å²) in [6.07, 6.45) is 0.529. The van der Waals surface area contributed by atoms with Gasteiger partial charge in [-0.25, -0.2) is 0 Å². The number of aliphatic imine (C=N–C) groups is 1. The molecule has 1 aliphatic rings. The lowest BCUT2D eigenvalue weighted by Gasteiger charge is -2.23. The minimum absolute atomic E-state index is 0.237. The fourth-order valence-electron chi connectivity index (χ4n) is 2.68. The lowest BCUT2D eigenvalue weighted by atomic mass is 10.1. The van der Waals surface area contributed by atoms with E-state index >= 15 is 0 Å². The molecule has 0 saturated carbocycles. The van der Waals surface area contributed by atoms with E-state index in [1.807, 2.05) is 18.0 Å². The van der Waals surface area contributed by atoms with Gasteiger partial charge in [-0.1, -0.05) is 6.08 Å². The van der Waals surface area contributed by atoms with E-state index in [9.17, 15) is 13.2 Å². The summed E-state index contributed by atoms with van der Waals surface area (Å²) < 4.78 is 37.1. The summed E-state index contributed by atoms with van der Waals surface area (Å²) in [5.41, 5.74) is 0. The Labute approximate surface area is 131 Å². The number of nitrogens with one attached hydrogen (secondary N) is 1. The van der Waals surface area contributed by atoms with Crippen LogP contribution in [0.25, 0.3) is 0 Å². The van der Waals surface area contributed by atoms with E-state index in [1.165, 1.54) is 4.90 Å². The third kappa shape index (κ3) is 7.15. The van der Waals surface area contributed by atoms with Crippen LogP contribution >= 0.6 is 0 Å². The summed E-state index contributed by atoms with van der Waals surface area (Å²) in [6, 6.07) is 0. The Kier molecular flexibility index (Phi) is 7.72. The van der Waals surface area contributed by atoms with Crippen molar-refractivity contribution in [2.24, 2.45) is 10.9 Å². The van der Waals surface area contributed by atoms with E-state index in [2.05, 4.69) is 16.9 Å². The molecule has 1 saturated heterocycles. The number of alkyl halides is 3. The molecule has 0 amide bonds. The van der Waals surface area contributed by atoms with Crippen LogP contribution in [0, 0.1) is 5.92 Å². The van der Waals surface area contributed by atoms with Gasteiger partial charge < -0.3 is 10.2 Å². The topological polar surface area (TPSA) is 30.9 Å². The Balaban J connectivity index is 2.31. The van der Waals surface area contributed by atoms with E-state index in [4.69, 9.17) is 0 Å². The summed E-state index contributed by atoms with van der Waals surface area (Å²) >= 11 is 0. The highest BCUT2D eigenvalue weighted by Gasteiger charge is 2.34. The van der Waals surface area contributed by atoms with Gasteiger partial charge in [0.1, 0.15) is 0 Å². The molecule has 1 unspecified atom stereocenters. The Morgan fingerprint density at radius 1 is 1.50 bits per heavy atom. The van der Waals surface area contributed by atoms with Crippen molar-refractivity contribution in [3.63, 3.8) is 0 Å². The van der Waals surface area contributed by atoms with Crippen molar-refractivity contribution < 1.29 is 13.2 Å². The van der Waals surface area contributed by atoms with Crippen molar-refractivity contribution in [3.8, 4) is 0 Å². The minimum Gasteiger partial charge on any atom is -0.356 e. The molecule has 0 aromatic heterocycles. The van der Waals surface area contributed by atoms with Crippen molar-refractivity contribution in [3.05, 3.63) is 12.7 Å². The van der Waals surface area contributed by atoms with Crippen molar-refractivity contribution >= 4 is 5.96 Å². The molecule has 128 valence electrons. The molecule has 1 fully saturated rings. The van der Waals surface area contributed by atoms with Gasteiger partial charge in [0, 0.05) is 33.7 Å². The van der Waals surface area contributed by atoms with Crippen LogP contribution in [-0.2, 0) is 0 Å².